The van der Waals surface area contributed by atoms with Crippen molar-refractivity contribution in [2.75, 3.05) is 36.9 Å². The van der Waals surface area contributed by atoms with Gasteiger partial charge in [0.15, 0.2) is 9.84 Å². The summed E-state index contributed by atoms with van der Waals surface area (Å²) in [5, 5.41) is 3.68. The van der Waals surface area contributed by atoms with Crippen molar-refractivity contribution in [1.82, 2.24) is 20.1 Å². The van der Waals surface area contributed by atoms with Gasteiger partial charge in [-0.05, 0) is 47.5 Å². The Balaban J connectivity index is 1.82. The van der Waals surface area contributed by atoms with Crippen molar-refractivity contribution in [3.05, 3.63) is 11.5 Å². The van der Waals surface area contributed by atoms with Crippen molar-refractivity contribution < 1.29 is 35.5 Å². The Hall–Kier alpha value is -1.51. The van der Waals surface area contributed by atoms with E-state index in [-0.39, 0.29) is 30.0 Å². The highest BCUT2D eigenvalue weighted by atomic mass is 32.2. The first-order valence-electron chi connectivity index (χ1n) is 11.8. The van der Waals surface area contributed by atoms with Gasteiger partial charge in [-0.2, -0.15) is 13.2 Å². The van der Waals surface area contributed by atoms with Gasteiger partial charge < -0.3 is 9.15 Å². The molecule has 0 saturated carbocycles. The van der Waals surface area contributed by atoms with Crippen molar-refractivity contribution in [1.29, 1.82) is 0 Å². The van der Waals surface area contributed by atoms with Gasteiger partial charge in [0.25, 0.3) is 5.22 Å². The third-order valence-corrected chi connectivity index (χ3v) is 8.75. The largest absolute Gasteiger partial charge is 0.444 e. The molecule has 1 aromatic heterocycles. The monoisotopic (exact) mass is 556 g/mol. The molecule has 0 bridgehead atoms. The lowest BCUT2D eigenvalue weighted by Gasteiger charge is -2.46. The number of alkyl halides is 3. The zero-order valence-electron chi connectivity index (χ0n) is 21.2. The van der Waals surface area contributed by atoms with Gasteiger partial charge in [0.1, 0.15) is 17.9 Å². The van der Waals surface area contributed by atoms with Gasteiger partial charge in [-0.3, -0.25) is 15.1 Å². The smallest absolute Gasteiger partial charge is 0.411 e. The first kappa shape index (κ1) is 29.1. The standard InChI is InChI=1S/C22H35F3N4O5S2/c1-14-15(2)33-19(26-14)35-12-16-10-17(28-6-8-36(31,32)9-7-28)11-18(27-16)29(13-22(23,24)25)20(30)34-21(3,4)5/h16-18,27H,6-13H2,1-5H3. The summed E-state index contributed by atoms with van der Waals surface area (Å²) in [6, 6.07) is -0.480. The Labute approximate surface area is 214 Å². The summed E-state index contributed by atoms with van der Waals surface area (Å²) in [6.07, 6.45) is -5.83. The highest BCUT2D eigenvalue weighted by Gasteiger charge is 2.43. The first-order valence-corrected chi connectivity index (χ1v) is 14.7. The lowest BCUT2D eigenvalue weighted by atomic mass is 9.95. The molecule has 1 N–H and O–H groups in total. The Bertz CT molecular complexity index is 992. The molecular formula is C22H35F3N4O5S2. The lowest BCUT2D eigenvalue weighted by molar-refractivity contribution is -0.152. The van der Waals surface area contributed by atoms with Gasteiger partial charge in [0.05, 0.1) is 23.4 Å². The molecule has 36 heavy (non-hydrogen) atoms. The fourth-order valence-electron chi connectivity index (χ4n) is 4.31. The number of hydrogen-bond acceptors (Lipinski definition) is 9. The number of nitrogens with one attached hydrogen (secondary N) is 1. The van der Waals surface area contributed by atoms with Crippen LogP contribution in [0.4, 0.5) is 18.0 Å². The number of oxazole rings is 1. The van der Waals surface area contributed by atoms with Crippen LogP contribution < -0.4 is 5.32 Å². The Morgan fingerprint density at radius 1 is 1.22 bits per heavy atom. The molecule has 3 unspecified atom stereocenters. The minimum atomic E-state index is -4.62. The molecule has 9 nitrogen and oxygen atoms in total. The van der Waals surface area contributed by atoms with Crippen molar-refractivity contribution in [2.24, 2.45) is 0 Å². The second kappa shape index (κ2) is 11.1. The van der Waals surface area contributed by atoms with Crippen molar-refractivity contribution >= 4 is 27.7 Å². The molecule has 2 aliphatic rings. The van der Waals surface area contributed by atoms with E-state index in [2.05, 4.69) is 10.3 Å². The van der Waals surface area contributed by atoms with Crippen molar-refractivity contribution in [3.63, 3.8) is 0 Å². The molecular weight excluding hydrogens is 521 g/mol. The summed E-state index contributed by atoms with van der Waals surface area (Å²) in [7, 11) is -3.12. The maximum Gasteiger partial charge on any atom is 0.411 e. The third kappa shape index (κ3) is 8.52. The van der Waals surface area contributed by atoms with Gasteiger partial charge >= 0.3 is 12.3 Å². The Morgan fingerprint density at radius 3 is 2.39 bits per heavy atom. The molecule has 0 aromatic carbocycles. The molecule has 1 aromatic rings. The summed E-state index contributed by atoms with van der Waals surface area (Å²) >= 11 is 1.34. The number of piperidine rings is 1. The normalized spacial score (nSPS) is 25.5. The van der Waals surface area contributed by atoms with Crippen molar-refractivity contribution in [2.45, 2.75) is 82.7 Å². The highest BCUT2D eigenvalue weighted by molar-refractivity contribution is 7.99. The topological polar surface area (TPSA) is 105 Å². The summed E-state index contributed by atoms with van der Waals surface area (Å²) in [4.78, 5) is 19.9. The van der Waals surface area contributed by atoms with Crippen LogP contribution in [0.3, 0.4) is 0 Å². The number of nitrogens with zero attached hydrogens (tertiary/aromatic N) is 3. The van der Waals surface area contributed by atoms with Crippen molar-refractivity contribution in [3.8, 4) is 0 Å². The number of thioether (sulfide) groups is 1. The Kier molecular flexibility index (Phi) is 8.94. The van der Waals surface area contributed by atoms with E-state index in [4.69, 9.17) is 9.15 Å². The zero-order chi connectivity index (χ0) is 26.9. The second-order valence-corrected chi connectivity index (χ2v) is 13.6. The summed E-state index contributed by atoms with van der Waals surface area (Å²) < 4.78 is 75.3. The van der Waals surface area contributed by atoms with Crippen LogP contribution in [0.25, 0.3) is 0 Å². The van der Waals surface area contributed by atoms with Crippen LogP contribution in [0.15, 0.2) is 9.64 Å². The van der Waals surface area contributed by atoms with E-state index >= 15 is 0 Å². The fraction of sp³-hybridized carbons (Fsp3) is 0.818. The lowest BCUT2D eigenvalue weighted by Crippen LogP contribution is -2.63. The van der Waals surface area contributed by atoms with E-state index in [0.29, 0.717) is 41.1 Å². The molecule has 206 valence electrons. The predicted octanol–water partition coefficient (Wildman–Crippen LogP) is 3.36. The van der Waals surface area contributed by atoms with Crippen LogP contribution >= 0.6 is 11.8 Å². The SMILES string of the molecule is Cc1nc(SCC2CC(N3CCS(=O)(=O)CC3)CC(N(CC(F)(F)F)C(=O)OC(C)(C)C)N2)oc1C. The molecule has 3 atom stereocenters. The van der Waals surface area contributed by atoms with Gasteiger partial charge in [-0.1, -0.05) is 11.8 Å². The second-order valence-electron chi connectivity index (χ2n) is 10.3. The molecule has 3 rings (SSSR count). The molecule has 3 heterocycles. The third-order valence-electron chi connectivity index (χ3n) is 6.15. The minimum Gasteiger partial charge on any atom is -0.444 e. The van der Waals surface area contributed by atoms with E-state index < -0.39 is 40.4 Å². The zero-order valence-corrected chi connectivity index (χ0v) is 22.9. The quantitative estimate of drug-likeness (QED) is 0.528. The number of sulfone groups is 1. The molecule has 0 radical (unpaired) electrons. The molecule has 1 amide bonds. The van der Waals surface area contributed by atoms with Gasteiger partial charge in [0.2, 0.25) is 0 Å². The fourth-order valence-corrected chi connectivity index (χ4v) is 6.50. The van der Waals surface area contributed by atoms with Crippen LogP contribution in [0, 0.1) is 13.8 Å². The van der Waals surface area contributed by atoms with Crippen LogP contribution in [-0.2, 0) is 14.6 Å². The predicted molar refractivity (Wildman–Crippen MR) is 130 cm³/mol. The number of aryl methyl sites for hydroxylation is 2. The maximum atomic E-state index is 13.5. The summed E-state index contributed by atoms with van der Waals surface area (Å²) in [5.41, 5.74) is -0.202. The summed E-state index contributed by atoms with van der Waals surface area (Å²) in [5.74, 6) is 1.16. The van der Waals surface area contributed by atoms with Gasteiger partial charge in [-0.25, -0.2) is 18.2 Å². The average Bonchev–Trinajstić information content (AvgIpc) is 3.05. The number of halogens is 3. The number of carbonyl (C=O) groups excluding carboxylic acids is 1. The number of rotatable bonds is 6. The molecule has 0 spiro atoms. The minimum absolute atomic E-state index is 0.00815. The number of amides is 1. The molecule has 14 heteroatoms. The first-order chi connectivity index (χ1) is 16.5. The molecule has 2 aliphatic heterocycles. The average molecular weight is 557 g/mol. The van der Waals surface area contributed by atoms with E-state index in [1.807, 2.05) is 11.8 Å². The number of ether oxygens (including phenoxy) is 1. The van der Waals surface area contributed by atoms with Crippen LogP contribution in [-0.4, -0.2) is 96.2 Å². The van der Waals surface area contributed by atoms with E-state index in [0.717, 1.165) is 5.69 Å². The highest BCUT2D eigenvalue weighted by Crippen LogP contribution is 2.30. The number of aromatic nitrogens is 1. The van der Waals surface area contributed by atoms with Gasteiger partial charge in [0, 0.05) is 30.9 Å². The van der Waals surface area contributed by atoms with Crippen LogP contribution in [0.1, 0.15) is 45.1 Å². The number of hydrogen-bond donors (Lipinski definition) is 1. The van der Waals surface area contributed by atoms with Gasteiger partial charge in [-0.15, -0.1) is 0 Å². The molecule has 2 fully saturated rings. The Morgan fingerprint density at radius 2 is 1.86 bits per heavy atom. The summed E-state index contributed by atoms with van der Waals surface area (Å²) in [6.45, 7) is 7.59. The number of carbonyl (C=O) groups is 1. The molecule has 0 aliphatic carbocycles. The maximum absolute atomic E-state index is 13.5. The van der Waals surface area contributed by atoms with E-state index in [1.165, 1.54) is 11.8 Å². The van der Waals surface area contributed by atoms with E-state index in [1.54, 1.807) is 27.7 Å². The van der Waals surface area contributed by atoms with Crippen LogP contribution in [0.5, 0.6) is 0 Å². The van der Waals surface area contributed by atoms with Crippen LogP contribution in [0.2, 0.25) is 0 Å². The molecule has 2 saturated heterocycles. The van der Waals surface area contributed by atoms with E-state index in [9.17, 15) is 26.4 Å².